The fourth-order valence-electron chi connectivity index (χ4n) is 5.00. The Balaban J connectivity index is 1.10. The number of hydrogen-bond donors (Lipinski definition) is 1. The molecule has 35 heavy (non-hydrogen) atoms. The van der Waals surface area contributed by atoms with Crippen LogP contribution in [0.4, 0.5) is 0 Å². The summed E-state index contributed by atoms with van der Waals surface area (Å²) in [7, 11) is 0. The Morgan fingerprint density at radius 2 is 1.77 bits per heavy atom. The molecule has 1 saturated heterocycles. The van der Waals surface area contributed by atoms with Crippen molar-refractivity contribution >= 4 is 28.6 Å². The number of carbonyl (C=O) groups excluding carboxylic acids is 1. The number of amides is 1. The number of fused-ring (bicyclic) bond motifs is 1. The van der Waals surface area contributed by atoms with E-state index in [0.717, 1.165) is 66.5 Å². The Hall–Kier alpha value is -3.10. The van der Waals surface area contributed by atoms with E-state index >= 15 is 0 Å². The van der Waals surface area contributed by atoms with Crippen LogP contribution in [0, 0.1) is 0 Å². The smallest absolute Gasteiger partial charge is 0.233 e. The predicted octanol–water partition coefficient (Wildman–Crippen LogP) is 4.76. The summed E-state index contributed by atoms with van der Waals surface area (Å²) in [5, 5.41) is 11.1. The Labute approximate surface area is 209 Å². The number of rotatable bonds is 7. The van der Waals surface area contributed by atoms with Gasteiger partial charge in [-0.15, -0.1) is 10.2 Å². The van der Waals surface area contributed by atoms with E-state index in [1.54, 1.807) is 0 Å². The molecule has 7 nitrogen and oxygen atoms in total. The van der Waals surface area contributed by atoms with Crippen molar-refractivity contribution in [3.63, 3.8) is 0 Å². The van der Waals surface area contributed by atoms with Crippen molar-refractivity contribution in [2.45, 2.75) is 37.0 Å². The van der Waals surface area contributed by atoms with Crippen LogP contribution < -0.4 is 0 Å². The minimum Gasteiger partial charge on any atom is -0.360 e. The highest BCUT2D eigenvalue weighted by atomic mass is 32.2. The van der Waals surface area contributed by atoms with Crippen LogP contribution in [0.2, 0.25) is 0 Å². The number of piperazine rings is 1. The number of benzene rings is 2. The highest BCUT2D eigenvalue weighted by Crippen LogP contribution is 2.42. The van der Waals surface area contributed by atoms with Gasteiger partial charge in [-0.25, -0.2) is 0 Å². The zero-order valence-corrected chi connectivity index (χ0v) is 20.7. The molecular weight excluding hydrogens is 456 g/mol. The Bertz CT molecular complexity index is 1320. The number of carbonyl (C=O) groups is 1. The number of H-pyrrole nitrogens is 1. The molecule has 1 saturated carbocycles. The average molecular weight is 487 g/mol. The maximum absolute atomic E-state index is 13.0. The average Bonchev–Trinajstić information content (AvgIpc) is 3.52. The molecule has 0 spiro atoms. The summed E-state index contributed by atoms with van der Waals surface area (Å²) < 4.78 is 2.24. The minimum atomic E-state index is 0.181. The van der Waals surface area contributed by atoms with Crippen LogP contribution in [0.15, 0.2) is 66.0 Å². The summed E-state index contributed by atoms with van der Waals surface area (Å²) >= 11 is 1.52. The number of hydrogen-bond acceptors (Lipinski definition) is 5. The van der Waals surface area contributed by atoms with Gasteiger partial charge in [0.25, 0.3) is 0 Å². The quantitative estimate of drug-likeness (QED) is 0.382. The van der Waals surface area contributed by atoms with Gasteiger partial charge in [-0.05, 0) is 31.4 Å². The molecule has 180 valence electrons. The standard InChI is InChI=1S/C27H30N6OS/c1-19(20-7-3-2-4-8-20)31-13-15-32(16-14-31)25(34)18-35-27-30-29-26(33(27)21-11-12-21)23-17-28-24-10-6-5-9-22(23)24/h2-10,17,19,21,28H,11-16,18H2,1H3. The second-order valence-electron chi connectivity index (χ2n) is 9.45. The lowest BCUT2D eigenvalue weighted by Gasteiger charge is -2.38. The first-order valence-electron chi connectivity index (χ1n) is 12.4. The van der Waals surface area contributed by atoms with Crippen molar-refractivity contribution in [2.24, 2.45) is 0 Å². The monoisotopic (exact) mass is 486 g/mol. The third-order valence-electron chi connectivity index (χ3n) is 7.23. The lowest BCUT2D eigenvalue weighted by atomic mass is 10.1. The summed E-state index contributed by atoms with van der Waals surface area (Å²) in [6.45, 7) is 5.59. The topological polar surface area (TPSA) is 70.1 Å². The van der Waals surface area contributed by atoms with Crippen LogP contribution >= 0.6 is 11.8 Å². The summed E-state index contributed by atoms with van der Waals surface area (Å²) in [4.78, 5) is 20.9. The summed E-state index contributed by atoms with van der Waals surface area (Å²) in [5.41, 5.74) is 3.49. The molecule has 2 aromatic carbocycles. The molecule has 2 aliphatic rings. The largest absolute Gasteiger partial charge is 0.360 e. The first-order chi connectivity index (χ1) is 17.2. The highest BCUT2D eigenvalue weighted by molar-refractivity contribution is 7.99. The van der Waals surface area contributed by atoms with E-state index < -0.39 is 0 Å². The van der Waals surface area contributed by atoms with Crippen LogP contribution in [-0.2, 0) is 4.79 Å². The molecule has 1 amide bonds. The van der Waals surface area contributed by atoms with Gasteiger partial charge in [0, 0.05) is 60.9 Å². The van der Waals surface area contributed by atoms with Gasteiger partial charge < -0.3 is 9.88 Å². The Kier molecular flexibility index (Phi) is 6.08. The third kappa shape index (κ3) is 4.48. The molecule has 8 heteroatoms. The summed E-state index contributed by atoms with van der Waals surface area (Å²) in [6, 6.07) is 19.6. The molecule has 1 atom stereocenters. The van der Waals surface area contributed by atoms with Gasteiger partial charge in [-0.3, -0.25) is 14.3 Å². The fourth-order valence-corrected chi connectivity index (χ4v) is 5.90. The van der Waals surface area contributed by atoms with Crippen molar-refractivity contribution in [3.05, 3.63) is 66.4 Å². The summed E-state index contributed by atoms with van der Waals surface area (Å²) in [5.74, 6) is 1.47. The van der Waals surface area contributed by atoms with E-state index in [4.69, 9.17) is 0 Å². The lowest BCUT2D eigenvalue weighted by molar-refractivity contribution is -0.130. The molecule has 3 heterocycles. The first kappa shape index (κ1) is 22.4. The molecule has 6 rings (SSSR count). The molecule has 1 unspecified atom stereocenters. The van der Waals surface area contributed by atoms with Gasteiger partial charge in [-0.2, -0.15) is 0 Å². The van der Waals surface area contributed by atoms with Crippen molar-refractivity contribution in [2.75, 3.05) is 31.9 Å². The van der Waals surface area contributed by atoms with Gasteiger partial charge >= 0.3 is 0 Å². The molecule has 2 aromatic heterocycles. The number of aromatic nitrogens is 4. The predicted molar refractivity (Wildman–Crippen MR) is 139 cm³/mol. The van der Waals surface area contributed by atoms with Crippen LogP contribution in [0.25, 0.3) is 22.3 Å². The SMILES string of the molecule is CC(c1ccccc1)N1CCN(C(=O)CSc2nnc(-c3c[nH]c4ccccc34)n2C2CC2)CC1. The summed E-state index contributed by atoms with van der Waals surface area (Å²) in [6.07, 6.45) is 4.29. The van der Waals surface area contributed by atoms with Crippen molar-refractivity contribution in [1.29, 1.82) is 0 Å². The van der Waals surface area contributed by atoms with Crippen LogP contribution in [0.5, 0.6) is 0 Å². The maximum Gasteiger partial charge on any atom is 0.233 e. The minimum absolute atomic E-state index is 0.181. The van der Waals surface area contributed by atoms with Crippen molar-refractivity contribution in [3.8, 4) is 11.4 Å². The van der Waals surface area contributed by atoms with Gasteiger partial charge in [-0.1, -0.05) is 60.3 Å². The van der Waals surface area contributed by atoms with Crippen molar-refractivity contribution in [1.82, 2.24) is 29.5 Å². The van der Waals surface area contributed by atoms with E-state index in [1.807, 2.05) is 23.2 Å². The van der Waals surface area contributed by atoms with Gasteiger partial charge in [0.05, 0.1) is 5.75 Å². The Morgan fingerprint density at radius 3 is 2.54 bits per heavy atom. The van der Waals surface area contributed by atoms with Crippen LogP contribution in [0.3, 0.4) is 0 Å². The number of nitrogens with zero attached hydrogens (tertiary/aromatic N) is 5. The molecule has 4 aromatic rings. The molecule has 1 aliphatic carbocycles. The molecule has 0 bridgehead atoms. The molecule has 1 N–H and O–H groups in total. The zero-order valence-electron chi connectivity index (χ0n) is 19.9. The van der Waals surface area contributed by atoms with Gasteiger partial charge in [0.2, 0.25) is 5.91 Å². The molecule has 0 radical (unpaired) electrons. The van der Waals surface area contributed by atoms with Crippen molar-refractivity contribution < 1.29 is 4.79 Å². The molecule has 1 aliphatic heterocycles. The van der Waals surface area contributed by atoms with Gasteiger partial charge in [0.15, 0.2) is 11.0 Å². The first-order valence-corrected chi connectivity index (χ1v) is 13.4. The van der Waals surface area contributed by atoms with Crippen LogP contribution in [-0.4, -0.2) is 67.4 Å². The second kappa shape index (κ2) is 9.51. The van der Waals surface area contributed by atoms with E-state index in [1.165, 1.54) is 17.3 Å². The van der Waals surface area contributed by atoms with E-state index in [9.17, 15) is 4.79 Å². The normalized spacial score (nSPS) is 17.7. The van der Waals surface area contributed by atoms with E-state index in [0.29, 0.717) is 17.8 Å². The van der Waals surface area contributed by atoms with E-state index in [2.05, 4.69) is 74.0 Å². The number of aromatic amines is 1. The zero-order chi connectivity index (χ0) is 23.8. The molecule has 2 fully saturated rings. The Morgan fingerprint density at radius 1 is 1.03 bits per heavy atom. The number of nitrogens with one attached hydrogen (secondary N) is 1. The maximum atomic E-state index is 13.0. The van der Waals surface area contributed by atoms with Gasteiger partial charge in [0.1, 0.15) is 0 Å². The number of thioether (sulfide) groups is 1. The highest BCUT2D eigenvalue weighted by Gasteiger charge is 2.32. The van der Waals surface area contributed by atoms with E-state index in [-0.39, 0.29) is 5.91 Å². The third-order valence-corrected chi connectivity index (χ3v) is 8.16. The fraction of sp³-hybridized carbons (Fsp3) is 0.370. The lowest BCUT2D eigenvalue weighted by Crippen LogP contribution is -2.49. The van der Waals surface area contributed by atoms with Crippen LogP contribution in [0.1, 0.15) is 37.4 Å². The second-order valence-corrected chi connectivity index (χ2v) is 10.4. The number of para-hydroxylation sites is 1. The molecular formula is C27H30N6OS.